The van der Waals surface area contributed by atoms with Crippen LogP contribution in [0.5, 0.6) is 0 Å². The molecular weight excluding hydrogens is 366 g/mol. The van der Waals surface area contributed by atoms with Crippen LogP contribution in [-0.2, 0) is 4.79 Å². The summed E-state index contributed by atoms with van der Waals surface area (Å²) in [4.78, 5) is 13.4. The van der Waals surface area contributed by atoms with E-state index in [-0.39, 0.29) is 11.2 Å². The van der Waals surface area contributed by atoms with Crippen molar-refractivity contribution < 1.29 is 9.21 Å². The van der Waals surface area contributed by atoms with E-state index in [0.717, 1.165) is 21.3 Å². The summed E-state index contributed by atoms with van der Waals surface area (Å²) in [5.41, 5.74) is 0.769. The molecule has 0 radical (unpaired) electrons. The van der Waals surface area contributed by atoms with E-state index < -0.39 is 0 Å². The molecule has 4 aromatic rings. The number of carbonyl (C=O) groups excluding carboxylic acids is 1. The molecule has 2 heterocycles. The van der Waals surface area contributed by atoms with Gasteiger partial charge in [0.05, 0.1) is 10.1 Å². The highest BCUT2D eigenvalue weighted by Crippen LogP contribution is 2.29. The summed E-state index contributed by atoms with van der Waals surface area (Å²) in [6.07, 6.45) is 0. The number of nitrogens with one attached hydrogen (secondary N) is 1. The number of nitrogens with zero attached hydrogens (tertiary/aromatic N) is 2. The lowest BCUT2D eigenvalue weighted by molar-refractivity contribution is -0.115. The number of thiophene rings is 1. The molecule has 1 N–H and O–H groups in total. The second-order valence-corrected chi connectivity index (χ2v) is 7.90. The average Bonchev–Trinajstić information content (AvgIpc) is 3.33. The highest BCUT2D eigenvalue weighted by molar-refractivity contribution is 8.00. The van der Waals surface area contributed by atoms with Gasteiger partial charge < -0.3 is 9.73 Å². The van der Waals surface area contributed by atoms with Crippen LogP contribution in [0.3, 0.4) is 0 Å². The lowest BCUT2D eigenvalue weighted by atomic mass is 10.1. The van der Waals surface area contributed by atoms with Crippen molar-refractivity contribution in [1.29, 1.82) is 0 Å². The summed E-state index contributed by atoms with van der Waals surface area (Å²) < 4.78 is 5.63. The Hall–Kier alpha value is -2.64. The van der Waals surface area contributed by atoms with Gasteiger partial charge in [-0.05, 0) is 41.3 Å². The largest absolute Gasteiger partial charge is 0.410 e. The normalized spacial score (nSPS) is 12.2. The van der Waals surface area contributed by atoms with Crippen molar-refractivity contribution in [3.05, 3.63) is 60.0 Å². The van der Waals surface area contributed by atoms with E-state index >= 15 is 0 Å². The Morgan fingerprint density at radius 2 is 1.96 bits per heavy atom. The Kier molecular flexibility index (Phi) is 4.73. The third-order valence-corrected chi connectivity index (χ3v) is 5.59. The molecule has 0 fully saturated rings. The second kappa shape index (κ2) is 7.31. The summed E-state index contributed by atoms with van der Waals surface area (Å²) in [5, 5.41) is 15.2. The maximum absolute atomic E-state index is 12.5. The zero-order valence-corrected chi connectivity index (χ0v) is 15.5. The number of fused-ring (bicyclic) bond motifs is 1. The van der Waals surface area contributed by atoms with Gasteiger partial charge in [0.1, 0.15) is 0 Å². The van der Waals surface area contributed by atoms with Crippen molar-refractivity contribution in [3.8, 4) is 10.8 Å². The van der Waals surface area contributed by atoms with E-state index in [0.29, 0.717) is 11.1 Å². The minimum Gasteiger partial charge on any atom is -0.410 e. The lowest BCUT2D eigenvalue weighted by Gasteiger charge is -2.10. The van der Waals surface area contributed by atoms with Gasteiger partial charge in [-0.15, -0.1) is 21.5 Å². The Labute approximate surface area is 158 Å². The lowest BCUT2D eigenvalue weighted by Crippen LogP contribution is -2.22. The predicted octanol–water partition coefficient (Wildman–Crippen LogP) is 5.07. The first kappa shape index (κ1) is 16.8. The van der Waals surface area contributed by atoms with Crippen LogP contribution < -0.4 is 5.32 Å². The molecule has 2 aromatic carbocycles. The van der Waals surface area contributed by atoms with E-state index in [9.17, 15) is 4.79 Å². The summed E-state index contributed by atoms with van der Waals surface area (Å²) in [6, 6.07) is 17.7. The SMILES string of the molecule is C[C@@H](Sc1nnc(-c2cccs2)o1)C(=O)Nc1ccc2ccccc2c1. The molecule has 26 heavy (non-hydrogen) atoms. The highest BCUT2D eigenvalue weighted by atomic mass is 32.2. The highest BCUT2D eigenvalue weighted by Gasteiger charge is 2.19. The van der Waals surface area contributed by atoms with Gasteiger partial charge in [0.25, 0.3) is 11.1 Å². The molecular formula is C19H15N3O2S2. The zero-order valence-electron chi connectivity index (χ0n) is 13.9. The summed E-state index contributed by atoms with van der Waals surface area (Å²) >= 11 is 2.78. The fourth-order valence-corrected chi connectivity index (χ4v) is 3.80. The first-order valence-corrected chi connectivity index (χ1v) is 9.79. The number of rotatable bonds is 5. The molecule has 0 bridgehead atoms. The Morgan fingerprint density at radius 3 is 2.77 bits per heavy atom. The van der Waals surface area contributed by atoms with Crippen LogP contribution in [0.4, 0.5) is 5.69 Å². The van der Waals surface area contributed by atoms with Crippen molar-refractivity contribution in [1.82, 2.24) is 10.2 Å². The first-order valence-electron chi connectivity index (χ1n) is 8.03. The van der Waals surface area contributed by atoms with Crippen LogP contribution in [0, 0.1) is 0 Å². The van der Waals surface area contributed by atoms with Crippen LogP contribution in [-0.4, -0.2) is 21.4 Å². The fourth-order valence-electron chi connectivity index (χ4n) is 2.47. The first-order chi connectivity index (χ1) is 12.7. The molecule has 0 spiro atoms. The number of carbonyl (C=O) groups is 1. The molecule has 2 aromatic heterocycles. The monoisotopic (exact) mass is 381 g/mol. The minimum absolute atomic E-state index is 0.110. The van der Waals surface area contributed by atoms with Crippen molar-refractivity contribution >= 4 is 45.5 Å². The molecule has 5 nitrogen and oxygen atoms in total. The third kappa shape index (κ3) is 3.63. The van der Waals surface area contributed by atoms with Gasteiger partial charge in [-0.2, -0.15) is 0 Å². The number of thioether (sulfide) groups is 1. The molecule has 0 saturated heterocycles. The number of amides is 1. The molecule has 0 aliphatic carbocycles. The van der Waals surface area contributed by atoms with Crippen molar-refractivity contribution in [3.63, 3.8) is 0 Å². The fraction of sp³-hybridized carbons (Fsp3) is 0.105. The van der Waals surface area contributed by atoms with Gasteiger partial charge in [-0.1, -0.05) is 48.2 Å². The molecule has 0 aliphatic rings. The quantitative estimate of drug-likeness (QED) is 0.489. The Balaban J connectivity index is 1.42. The molecule has 1 amide bonds. The van der Waals surface area contributed by atoms with Crippen molar-refractivity contribution in [2.45, 2.75) is 17.4 Å². The topological polar surface area (TPSA) is 68.0 Å². The van der Waals surface area contributed by atoms with Crippen LogP contribution in [0.1, 0.15) is 6.92 Å². The third-order valence-electron chi connectivity index (χ3n) is 3.80. The Bertz CT molecular complexity index is 1040. The number of aromatic nitrogens is 2. The van der Waals surface area contributed by atoms with Crippen LogP contribution >= 0.6 is 23.1 Å². The van der Waals surface area contributed by atoms with E-state index in [2.05, 4.69) is 15.5 Å². The number of hydrogen-bond donors (Lipinski definition) is 1. The maximum Gasteiger partial charge on any atom is 0.277 e. The average molecular weight is 381 g/mol. The summed E-state index contributed by atoms with van der Waals surface area (Å²) in [5.74, 6) is 0.366. The van der Waals surface area contributed by atoms with Crippen LogP contribution in [0.15, 0.2) is 69.6 Å². The molecule has 130 valence electrons. The molecule has 1 atom stereocenters. The van der Waals surface area contributed by atoms with E-state index in [1.165, 1.54) is 23.1 Å². The van der Waals surface area contributed by atoms with E-state index in [4.69, 9.17) is 4.42 Å². The second-order valence-electron chi connectivity index (χ2n) is 5.66. The standard InChI is InChI=1S/C19H15N3O2S2/c1-12(26-19-22-21-18(24-19)16-7-4-10-25-16)17(23)20-15-9-8-13-5-2-3-6-14(13)11-15/h2-12H,1H3,(H,20,23)/t12-/m1/s1. The molecule has 4 rings (SSSR count). The summed E-state index contributed by atoms with van der Waals surface area (Å²) in [7, 11) is 0. The van der Waals surface area contributed by atoms with Gasteiger partial charge in [0.15, 0.2) is 0 Å². The molecule has 0 unspecified atom stereocenters. The van der Waals surface area contributed by atoms with Crippen LogP contribution in [0.2, 0.25) is 0 Å². The van der Waals surface area contributed by atoms with Gasteiger partial charge in [-0.25, -0.2) is 0 Å². The van der Waals surface area contributed by atoms with E-state index in [1.807, 2.05) is 66.9 Å². The minimum atomic E-state index is -0.363. The van der Waals surface area contributed by atoms with Gasteiger partial charge >= 0.3 is 0 Å². The predicted molar refractivity (Wildman–Crippen MR) is 106 cm³/mol. The molecule has 0 saturated carbocycles. The van der Waals surface area contributed by atoms with Gasteiger partial charge in [-0.3, -0.25) is 4.79 Å². The van der Waals surface area contributed by atoms with Crippen LogP contribution in [0.25, 0.3) is 21.5 Å². The maximum atomic E-state index is 12.5. The van der Waals surface area contributed by atoms with Crippen molar-refractivity contribution in [2.24, 2.45) is 0 Å². The van der Waals surface area contributed by atoms with E-state index in [1.54, 1.807) is 0 Å². The number of benzene rings is 2. The van der Waals surface area contributed by atoms with Gasteiger partial charge in [0, 0.05) is 5.69 Å². The Morgan fingerprint density at radius 1 is 1.12 bits per heavy atom. The smallest absolute Gasteiger partial charge is 0.277 e. The summed E-state index contributed by atoms with van der Waals surface area (Å²) in [6.45, 7) is 1.82. The zero-order chi connectivity index (χ0) is 17.9. The van der Waals surface area contributed by atoms with Gasteiger partial charge in [0.2, 0.25) is 5.91 Å². The number of hydrogen-bond acceptors (Lipinski definition) is 6. The molecule has 7 heteroatoms. The number of anilines is 1. The van der Waals surface area contributed by atoms with Crippen molar-refractivity contribution in [2.75, 3.05) is 5.32 Å². The molecule has 0 aliphatic heterocycles.